The maximum Gasteiger partial charge on any atom is 0.409 e. The Labute approximate surface area is 637 Å². The number of aromatic hydroxyl groups is 12. The number of phenols is 6. The monoisotopic (exact) mass is 1480 g/mol. The van der Waals surface area contributed by atoms with Crippen molar-refractivity contribution in [3.05, 3.63) is 180 Å². The molecule has 0 saturated heterocycles. The van der Waals surface area contributed by atoms with Crippen LogP contribution in [0.5, 0.6) is 69.4 Å². The zero-order valence-electron chi connectivity index (χ0n) is 67.8. The van der Waals surface area contributed by atoms with E-state index in [0.717, 1.165) is 71.0 Å². The van der Waals surface area contributed by atoms with E-state index in [1.54, 1.807) is 19.8 Å². The Hall–Kier alpha value is -10.6. The number of nitrogens with zero attached hydrogens (tertiary/aromatic N) is 6. The Morgan fingerprint density at radius 2 is 0.713 bits per heavy atom. The number of rotatable bonds is 12. The van der Waals surface area contributed by atoms with Crippen molar-refractivity contribution in [2.45, 2.75) is 238 Å². The second-order valence-corrected chi connectivity index (χ2v) is 31.7. The zero-order chi connectivity index (χ0) is 80.7. The Kier molecular flexibility index (Phi) is 27.7. The molecule has 0 unspecified atom stereocenters. The molecular formula is C90H120N6O12+6. The molecule has 6 aromatic heterocycles. The lowest BCUT2D eigenvalue weighted by molar-refractivity contribution is -0.722. The minimum atomic E-state index is -0.0743. The van der Waals surface area contributed by atoms with Crippen molar-refractivity contribution >= 4 is 64.6 Å². The molecule has 18 heteroatoms. The summed E-state index contributed by atoms with van der Waals surface area (Å²) >= 11 is 0. The number of hydrogen-bond acceptors (Lipinski definition) is 12. The van der Waals surface area contributed by atoms with Gasteiger partial charge in [-0.05, 0) is 200 Å². The van der Waals surface area contributed by atoms with Crippen LogP contribution in [0.1, 0.15) is 271 Å². The van der Waals surface area contributed by atoms with E-state index in [0.29, 0.717) is 63.3 Å². The predicted octanol–water partition coefficient (Wildman–Crippen LogP) is 19.5. The van der Waals surface area contributed by atoms with E-state index in [4.69, 9.17) is 0 Å². The van der Waals surface area contributed by atoms with E-state index in [1.165, 1.54) is 11.6 Å². The standard InChI is InChI=1S/6C15H19NO2/c1-9(2)12-7-14(17)15(18)13-8-16(10(3)4)6-5-11(12)13;1-9(2)12-7-11-5-6-16(10(3)4)8-13(11)15(18)14(12)17;1-9(2)11-5-6-13-12(7-11)8-16(10(3)4)15(18)14(13)17;1-9(2)11-5-6-12-8-16(10(3)4)15(18)14(17)13(12)7-11;1-9(2)14-13-11(5-6-12(17)15(13)18)7-8-16(14)10(3)4;1-9(2)12-7-5-6-11-8-16(10(3)4)15(18)14(17)13(11)12/h6*5-10,17H,1-4H3/p+6. The minimum Gasteiger partial charge on any atom is -0.504 e. The number of phenolic OH excluding ortho intramolecular Hbond substituents is 6. The topological polar surface area (TPSA) is 266 Å². The molecule has 6 heterocycles. The van der Waals surface area contributed by atoms with Gasteiger partial charge in [-0.1, -0.05) is 107 Å². The first-order valence-electron chi connectivity index (χ1n) is 37.9. The van der Waals surface area contributed by atoms with E-state index < -0.39 is 0 Å². The average molecular weight is 1480 g/mol. The average Bonchev–Trinajstić information content (AvgIpc) is 0.637. The van der Waals surface area contributed by atoms with Crippen LogP contribution in [0.4, 0.5) is 0 Å². The van der Waals surface area contributed by atoms with Gasteiger partial charge < -0.3 is 61.3 Å². The van der Waals surface area contributed by atoms with Gasteiger partial charge in [-0.2, -0.15) is 18.3 Å². The van der Waals surface area contributed by atoms with Gasteiger partial charge in [-0.25, -0.2) is 9.13 Å². The van der Waals surface area contributed by atoms with Crippen molar-refractivity contribution < 1.29 is 88.7 Å². The fourth-order valence-corrected chi connectivity index (χ4v) is 13.2. The molecule has 576 valence electrons. The fraction of sp³-hybridized carbons (Fsp3) is 0.400. The van der Waals surface area contributed by atoms with Gasteiger partial charge in [0.15, 0.2) is 126 Å². The molecule has 6 aromatic carbocycles. The van der Waals surface area contributed by atoms with E-state index >= 15 is 0 Å². The molecule has 0 aliphatic rings. The van der Waals surface area contributed by atoms with Gasteiger partial charge in [-0.3, -0.25) is 0 Å². The molecule has 0 aliphatic heterocycles. The third-order valence-electron chi connectivity index (χ3n) is 19.7. The summed E-state index contributed by atoms with van der Waals surface area (Å²) in [6.45, 7) is 49.3. The Balaban J connectivity index is 0.000000180. The van der Waals surface area contributed by atoms with Crippen LogP contribution in [0, 0.1) is 0 Å². The zero-order valence-corrected chi connectivity index (χ0v) is 67.8. The van der Waals surface area contributed by atoms with E-state index in [9.17, 15) is 61.3 Å². The first-order chi connectivity index (χ1) is 50.5. The van der Waals surface area contributed by atoms with Gasteiger partial charge in [0, 0.05) is 56.6 Å². The highest BCUT2D eigenvalue weighted by atomic mass is 16.3. The quantitative estimate of drug-likeness (QED) is 0.0402. The van der Waals surface area contributed by atoms with E-state index in [2.05, 4.69) is 127 Å². The normalized spacial score (nSPS) is 11.7. The molecule has 0 fully saturated rings. The van der Waals surface area contributed by atoms with Crippen LogP contribution < -0.4 is 27.4 Å². The summed E-state index contributed by atoms with van der Waals surface area (Å²) in [6, 6.07) is 32.0. The largest absolute Gasteiger partial charge is 0.504 e. The van der Waals surface area contributed by atoms with Crippen LogP contribution in [0.2, 0.25) is 0 Å². The lowest BCUT2D eigenvalue weighted by Gasteiger charge is -2.14. The second-order valence-electron chi connectivity index (χ2n) is 31.7. The van der Waals surface area contributed by atoms with Gasteiger partial charge in [0.25, 0.3) is 0 Å². The maximum atomic E-state index is 10.2. The summed E-state index contributed by atoms with van der Waals surface area (Å²) in [5.41, 5.74) is 6.31. The molecule has 18 nitrogen and oxygen atoms in total. The van der Waals surface area contributed by atoms with Crippen molar-refractivity contribution in [3.63, 3.8) is 0 Å². The Morgan fingerprint density at radius 1 is 0.241 bits per heavy atom. The molecule has 0 amide bonds. The molecule has 12 aromatic rings. The van der Waals surface area contributed by atoms with Gasteiger partial charge in [-0.15, -0.1) is 0 Å². The van der Waals surface area contributed by atoms with Crippen LogP contribution in [0.3, 0.4) is 0 Å². The van der Waals surface area contributed by atoms with Crippen LogP contribution in [0.15, 0.2) is 147 Å². The van der Waals surface area contributed by atoms with Crippen molar-refractivity contribution in [1.29, 1.82) is 0 Å². The van der Waals surface area contributed by atoms with Gasteiger partial charge in [0.2, 0.25) is 17.2 Å². The molecule has 108 heavy (non-hydrogen) atoms. The summed E-state index contributed by atoms with van der Waals surface area (Å²) in [4.78, 5) is 0. The van der Waals surface area contributed by atoms with Gasteiger partial charge >= 0.3 is 17.6 Å². The first-order valence-corrected chi connectivity index (χ1v) is 37.9. The van der Waals surface area contributed by atoms with E-state index in [1.807, 2.05) is 187 Å². The molecule has 0 radical (unpaired) electrons. The van der Waals surface area contributed by atoms with Crippen LogP contribution in [-0.2, 0) is 0 Å². The Morgan fingerprint density at radius 3 is 1.23 bits per heavy atom. The summed E-state index contributed by atoms with van der Waals surface area (Å²) < 4.78 is 11.2. The molecule has 0 aliphatic carbocycles. The predicted molar refractivity (Wildman–Crippen MR) is 432 cm³/mol. The first kappa shape index (κ1) is 84.6. The van der Waals surface area contributed by atoms with Crippen molar-refractivity contribution in [1.82, 2.24) is 0 Å². The highest BCUT2D eigenvalue weighted by Gasteiger charge is 2.29. The molecule has 12 N–H and O–H groups in total. The molecule has 0 spiro atoms. The fourth-order valence-electron chi connectivity index (χ4n) is 13.2. The number of fused-ring (bicyclic) bond motifs is 6. The summed E-state index contributed by atoms with van der Waals surface area (Å²) in [5, 5.41) is 130. The van der Waals surface area contributed by atoms with Crippen LogP contribution >= 0.6 is 0 Å². The van der Waals surface area contributed by atoms with E-state index in [-0.39, 0.29) is 99.3 Å². The SMILES string of the molecule is CC(C)c1c2c(O)c(O)ccc2cc[n+]1C(C)C.CC(C)c1cc(O)c(O)c2c[n+](C(C)C)ccc12.CC(C)c1cc2cc[n+](C(C)C)cc2c(O)c1O.CC(C)c1ccc2c(O)c(O)[n+](C(C)C)cc2c1.CC(C)c1ccc2c[n+](C(C)C)c(O)c(O)c2c1.CC(C)c1cccc2c[n+](C(C)C)c(O)c(O)c12. The summed E-state index contributed by atoms with van der Waals surface area (Å²) in [6.07, 6.45) is 15.5. The molecule has 0 bridgehead atoms. The van der Waals surface area contributed by atoms with Crippen molar-refractivity contribution in [2.24, 2.45) is 0 Å². The number of benzene rings is 6. The molecule has 0 saturated carbocycles. The van der Waals surface area contributed by atoms with Gasteiger partial charge in [0.1, 0.15) is 0 Å². The number of pyridine rings is 6. The van der Waals surface area contributed by atoms with Crippen molar-refractivity contribution in [3.8, 4) is 69.4 Å². The lowest BCUT2D eigenvalue weighted by atomic mass is 9.96. The molecule has 0 atom stereocenters. The third kappa shape index (κ3) is 18.7. The third-order valence-corrected chi connectivity index (χ3v) is 19.7. The highest BCUT2D eigenvalue weighted by Crippen LogP contribution is 2.43. The van der Waals surface area contributed by atoms with Crippen LogP contribution in [-0.4, -0.2) is 61.3 Å². The highest BCUT2D eigenvalue weighted by molar-refractivity contribution is 5.95. The number of hydrogen-bond donors (Lipinski definition) is 12. The number of aromatic nitrogens is 6. The van der Waals surface area contributed by atoms with Gasteiger partial charge in [0.05, 0.1) is 26.9 Å². The maximum absolute atomic E-state index is 10.2. The second kappa shape index (κ2) is 35.4. The minimum absolute atomic E-state index is 0.000920. The summed E-state index contributed by atoms with van der Waals surface area (Å²) in [5.74, 6) is 1.37. The smallest absolute Gasteiger partial charge is 0.409 e. The lowest BCUT2D eigenvalue weighted by Crippen LogP contribution is -2.41. The van der Waals surface area contributed by atoms with Crippen LogP contribution in [0.25, 0.3) is 64.6 Å². The van der Waals surface area contributed by atoms with Crippen molar-refractivity contribution in [2.75, 3.05) is 0 Å². The molecule has 12 rings (SSSR count). The summed E-state index contributed by atoms with van der Waals surface area (Å²) in [7, 11) is 0. The molecular weight excluding hydrogens is 1360 g/mol. The Bertz CT molecular complexity index is 5070.